The highest BCUT2D eigenvalue weighted by Gasteiger charge is 2.44. The summed E-state index contributed by atoms with van der Waals surface area (Å²) in [6.07, 6.45) is 38.8. The summed E-state index contributed by atoms with van der Waals surface area (Å²) in [7, 11) is 0. The van der Waals surface area contributed by atoms with Gasteiger partial charge in [-0.3, -0.25) is 0 Å². The Kier molecular flexibility index (Phi) is 11.2. The molecule has 0 atom stereocenters. The highest BCUT2D eigenvalue weighted by atomic mass is 14.5. The molecule has 0 N–H and O–H groups in total. The van der Waals surface area contributed by atoms with Crippen LogP contribution in [0.4, 0.5) is 0 Å². The van der Waals surface area contributed by atoms with Gasteiger partial charge in [-0.2, -0.15) is 0 Å². The van der Waals surface area contributed by atoms with E-state index in [0.717, 1.165) is 40.9 Å². The van der Waals surface area contributed by atoms with Gasteiger partial charge in [0, 0.05) is 0 Å². The molecule has 0 aliphatic heterocycles. The van der Waals surface area contributed by atoms with Crippen molar-refractivity contribution in [3.63, 3.8) is 0 Å². The second kappa shape index (κ2) is 14.1. The van der Waals surface area contributed by atoms with Crippen LogP contribution in [0.25, 0.3) is 0 Å². The summed E-state index contributed by atoms with van der Waals surface area (Å²) >= 11 is 0. The molecule has 0 aromatic carbocycles. The zero-order valence-electron chi connectivity index (χ0n) is 23.6. The van der Waals surface area contributed by atoms with Crippen LogP contribution >= 0.6 is 0 Å². The fourth-order valence-electron chi connectivity index (χ4n) is 9.49. The Bertz CT molecular complexity index is 518. The molecule has 0 heteroatoms. The SMILES string of the molecule is CCCCC1CCC(CC2CCC(CC3CCC(CCCC)CC3)(C3CCCCC3)CC2)CC1. The summed E-state index contributed by atoms with van der Waals surface area (Å²) in [6.45, 7) is 4.73. The van der Waals surface area contributed by atoms with Crippen LogP contribution in [0.15, 0.2) is 0 Å². The molecular weight excluding hydrogens is 408 g/mol. The number of hydrogen-bond donors (Lipinski definition) is 0. The molecule has 4 aliphatic rings. The molecule has 4 aliphatic carbocycles. The minimum atomic E-state index is 0.760. The van der Waals surface area contributed by atoms with E-state index in [1.165, 1.54) is 44.9 Å². The van der Waals surface area contributed by atoms with Crippen LogP contribution in [0.3, 0.4) is 0 Å². The molecule has 0 heterocycles. The van der Waals surface area contributed by atoms with Crippen LogP contribution < -0.4 is 0 Å². The molecule has 0 saturated heterocycles. The summed E-state index contributed by atoms with van der Waals surface area (Å²) in [6, 6.07) is 0. The zero-order valence-corrected chi connectivity index (χ0v) is 23.6. The number of rotatable bonds is 11. The minimum absolute atomic E-state index is 0.760. The lowest BCUT2D eigenvalue weighted by Crippen LogP contribution is -2.39. The molecule has 198 valence electrons. The molecule has 0 unspecified atom stereocenters. The van der Waals surface area contributed by atoms with Gasteiger partial charge >= 0.3 is 0 Å². The lowest BCUT2D eigenvalue weighted by atomic mass is 9.55. The topological polar surface area (TPSA) is 0 Å². The molecule has 34 heavy (non-hydrogen) atoms. The molecule has 4 fully saturated rings. The van der Waals surface area contributed by atoms with Gasteiger partial charge in [-0.15, -0.1) is 0 Å². The Morgan fingerprint density at radius 1 is 0.500 bits per heavy atom. The van der Waals surface area contributed by atoms with E-state index in [1.807, 2.05) is 0 Å². The van der Waals surface area contributed by atoms with Gasteiger partial charge in [0.05, 0.1) is 0 Å². The third-order valence-electron chi connectivity index (χ3n) is 11.8. The van der Waals surface area contributed by atoms with E-state index in [4.69, 9.17) is 0 Å². The van der Waals surface area contributed by atoms with E-state index in [0.29, 0.717) is 0 Å². The predicted molar refractivity (Wildman–Crippen MR) is 150 cm³/mol. The summed E-state index contributed by atoms with van der Waals surface area (Å²) in [5, 5.41) is 0. The first-order valence-electron chi connectivity index (χ1n) is 16.7. The smallest absolute Gasteiger partial charge is 0.0266 e. The molecule has 4 rings (SSSR count). The van der Waals surface area contributed by atoms with Crippen molar-refractivity contribution in [3.05, 3.63) is 0 Å². The number of unbranched alkanes of at least 4 members (excludes halogenated alkanes) is 2. The van der Waals surface area contributed by atoms with E-state index >= 15 is 0 Å². The molecule has 0 bridgehead atoms. The Morgan fingerprint density at radius 3 is 1.50 bits per heavy atom. The van der Waals surface area contributed by atoms with Gasteiger partial charge in [0.2, 0.25) is 0 Å². The lowest BCUT2D eigenvalue weighted by Gasteiger charge is -2.50. The van der Waals surface area contributed by atoms with Crippen molar-refractivity contribution in [1.29, 1.82) is 0 Å². The molecule has 0 spiro atoms. The van der Waals surface area contributed by atoms with Crippen molar-refractivity contribution >= 4 is 0 Å². The van der Waals surface area contributed by atoms with Gasteiger partial charge in [-0.05, 0) is 92.3 Å². The van der Waals surface area contributed by atoms with Crippen LogP contribution in [-0.4, -0.2) is 0 Å². The van der Waals surface area contributed by atoms with Crippen LogP contribution in [-0.2, 0) is 0 Å². The van der Waals surface area contributed by atoms with Crippen molar-refractivity contribution < 1.29 is 0 Å². The van der Waals surface area contributed by atoms with E-state index in [9.17, 15) is 0 Å². The maximum Gasteiger partial charge on any atom is -0.0266 e. The second-order valence-corrected chi connectivity index (χ2v) is 14.1. The quantitative estimate of drug-likeness (QED) is 0.281. The molecule has 4 saturated carbocycles. The van der Waals surface area contributed by atoms with Crippen molar-refractivity contribution in [2.24, 2.45) is 40.9 Å². The monoisotopic (exact) mass is 470 g/mol. The highest BCUT2D eigenvalue weighted by molar-refractivity contribution is 4.95. The van der Waals surface area contributed by atoms with E-state index in [1.54, 1.807) is 116 Å². The average molecular weight is 471 g/mol. The molecule has 0 amide bonds. The first-order valence-corrected chi connectivity index (χ1v) is 16.7. The van der Waals surface area contributed by atoms with Crippen molar-refractivity contribution in [2.45, 2.75) is 174 Å². The normalized spacial score (nSPS) is 38.1. The van der Waals surface area contributed by atoms with Gasteiger partial charge in [0.25, 0.3) is 0 Å². The Hall–Kier alpha value is 0. The molecular formula is C34H62. The van der Waals surface area contributed by atoms with Gasteiger partial charge < -0.3 is 0 Å². The van der Waals surface area contributed by atoms with Crippen LogP contribution in [0, 0.1) is 40.9 Å². The third-order valence-corrected chi connectivity index (χ3v) is 11.8. The van der Waals surface area contributed by atoms with Gasteiger partial charge in [-0.25, -0.2) is 0 Å². The first-order chi connectivity index (χ1) is 16.7. The largest absolute Gasteiger partial charge is 0.0654 e. The van der Waals surface area contributed by atoms with Gasteiger partial charge in [0.1, 0.15) is 0 Å². The maximum atomic E-state index is 2.37. The standard InChI is InChI=1S/C34H62/c1-3-5-10-28-14-18-30(19-15-28)26-31-22-24-34(25-23-31,33-12-8-7-9-13-33)27-32-20-16-29(17-21-32)11-6-4-2/h28-33H,3-27H2,1-2H3. The van der Waals surface area contributed by atoms with E-state index in [2.05, 4.69) is 13.8 Å². The minimum Gasteiger partial charge on any atom is -0.0654 e. The summed E-state index contributed by atoms with van der Waals surface area (Å²) in [5.41, 5.74) is 0.760. The van der Waals surface area contributed by atoms with Crippen LogP contribution in [0.2, 0.25) is 0 Å². The Morgan fingerprint density at radius 2 is 0.971 bits per heavy atom. The van der Waals surface area contributed by atoms with Crippen molar-refractivity contribution in [3.8, 4) is 0 Å². The van der Waals surface area contributed by atoms with Gasteiger partial charge in [-0.1, -0.05) is 123 Å². The fourth-order valence-corrected chi connectivity index (χ4v) is 9.49. The van der Waals surface area contributed by atoms with Crippen LogP contribution in [0.5, 0.6) is 0 Å². The summed E-state index contributed by atoms with van der Waals surface area (Å²) in [4.78, 5) is 0. The lowest BCUT2D eigenvalue weighted by molar-refractivity contribution is 0.0102. The third kappa shape index (κ3) is 7.75. The molecule has 0 radical (unpaired) electrons. The van der Waals surface area contributed by atoms with E-state index in [-0.39, 0.29) is 0 Å². The molecule has 0 aromatic heterocycles. The second-order valence-electron chi connectivity index (χ2n) is 14.1. The predicted octanol–water partition coefficient (Wildman–Crippen LogP) is 11.5. The number of hydrogen-bond acceptors (Lipinski definition) is 0. The summed E-state index contributed by atoms with van der Waals surface area (Å²) < 4.78 is 0. The van der Waals surface area contributed by atoms with Crippen molar-refractivity contribution in [1.82, 2.24) is 0 Å². The molecule has 0 nitrogen and oxygen atoms in total. The van der Waals surface area contributed by atoms with Crippen molar-refractivity contribution in [2.75, 3.05) is 0 Å². The summed E-state index contributed by atoms with van der Waals surface area (Å²) in [5.74, 6) is 6.50. The average Bonchev–Trinajstić information content (AvgIpc) is 2.89. The Labute approximate surface area is 215 Å². The maximum absolute atomic E-state index is 2.37. The van der Waals surface area contributed by atoms with Crippen LogP contribution in [0.1, 0.15) is 174 Å². The molecule has 0 aromatic rings. The first kappa shape index (κ1) is 27.0. The highest BCUT2D eigenvalue weighted by Crippen LogP contribution is 2.55. The zero-order chi connectivity index (χ0) is 23.6. The Balaban J connectivity index is 1.26. The van der Waals surface area contributed by atoms with E-state index < -0.39 is 0 Å². The fraction of sp³-hybridized carbons (Fsp3) is 1.00. The van der Waals surface area contributed by atoms with Gasteiger partial charge in [0.15, 0.2) is 0 Å².